The van der Waals surface area contributed by atoms with Gasteiger partial charge in [0.15, 0.2) is 0 Å². The summed E-state index contributed by atoms with van der Waals surface area (Å²) >= 11 is 6.13. The molecule has 116 valence electrons. The van der Waals surface area contributed by atoms with Crippen molar-refractivity contribution < 1.29 is 9.90 Å². The minimum atomic E-state index is -0.199. The normalized spacial score (nSPS) is 16.1. The Balaban J connectivity index is 1.94. The van der Waals surface area contributed by atoms with Crippen LogP contribution >= 0.6 is 11.6 Å². The summed E-state index contributed by atoms with van der Waals surface area (Å²) in [5, 5.41) is 15.6. The van der Waals surface area contributed by atoms with E-state index in [0.717, 1.165) is 11.1 Å². The monoisotopic (exact) mass is 326 g/mol. The molecule has 0 fully saturated rings. The van der Waals surface area contributed by atoms with Crippen molar-refractivity contribution in [1.29, 1.82) is 0 Å². The van der Waals surface area contributed by atoms with Gasteiger partial charge in [-0.2, -0.15) is 10.1 Å². The third-order valence-corrected chi connectivity index (χ3v) is 4.07. The van der Waals surface area contributed by atoms with Gasteiger partial charge >= 0.3 is 0 Å². The fourth-order valence-electron chi connectivity index (χ4n) is 2.31. The Morgan fingerprint density at radius 1 is 1.13 bits per heavy atom. The summed E-state index contributed by atoms with van der Waals surface area (Å²) in [6.45, 7) is 3.70. The molecular formula is C18H15ClN2O2. The van der Waals surface area contributed by atoms with Gasteiger partial charge in [0.2, 0.25) is 0 Å². The van der Waals surface area contributed by atoms with Crippen molar-refractivity contribution in [2.24, 2.45) is 5.10 Å². The van der Waals surface area contributed by atoms with E-state index in [9.17, 15) is 9.90 Å². The SMILES string of the molecule is CC1=NN(c2ccc(C)c(Cl)c2)C(=O)/C1=C\c1ccc(O)cc1. The molecule has 0 saturated carbocycles. The summed E-state index contributed by atoms with van der Waals surface area (Å²) in [5.41, 5.74) is 3.57. The molecule has 0 aliphatic carbocycles. The molecule has 3 rings (SSSR count). The number of hydrazone groups is 1. The van der Waals surface area contributed by atoms with Gasteiger partial charge in [-0.05, 0) is 55.3 Å². The van der Waals surface area contributed by atoms with Crippen molar-refractivity contribution >= 4 is 35.0 Å². The van der Waals surface area contributed by atoms with Crippen molar-refractivity contribution in [2.45, 2.75) is 13.8 Å². The Morgan fingerprint density at radius 3 is 2.48 bits per heavy atom. The first kappa shape index (κ1) is 15.3. The summed E-state index contributed by atoms with van der Waals surface area (Å²) in [4.78, 5) is 12.6. The second-order valence-corrected chi connectivity index (χ2v) is 5.79. The number of carbonyl (C=O) groups is 1. The lowest BCUT2D eigenvalue weighted by Gasteiger charge is -2.12. The molecule has 1 N–H and O–H groups in total. The number of anilines is 1. The number of rotatable bonds is 2. The number of carbonyl (C=O) groups excluding carboxylic acids is 1. The van der Waals surface area contributed by atoms with Gasteiger partial charge in [0.05, 0.1) is 17.0 Å². The maximum absolute atomic E-state index is 12.6. The standard InChI is InChI=1S/C18H15ClN2O2/c1-11-3-6-14(10-17(11)19)21-18(23)16(12(2)20-21)9-13-4-7-15(22)8-5-13/h3-10,22H,1-2H3/b16-9-. The van der Waals surface area contributed by atoms with Crippen LogP contribution in [0, 0.1) is 6.92 Å². The van der Waals surface area contributed by atoms with Crippen molar-refractivity contribution in [1.82, 2.24) is 0 Å². The topological polar surface area (TPSA) is 52.9 Å². The smallest absolute Gasteiger partial charge is 0.280 e. The first-order chi connectivity index (χ1) is 11.0. The maximum Gasteiger partial charge on any atom is 0.280 e. The molecule has 1 aliphatic rings. The number of benzene rings is 2. The van der Waals surface area contributed by atoms with Gasteiger partial charge in [-0.25, -0.2) is 0 Å². The molecule has 0 saturated heterocycles. The van der Waals surface area contributed by atoms with Gasteiger partial charge < -0.3 is 5.11 Å². The molecule has 0 bridgehead atoms. The summed E-state index contributed by atoms with van der Waals surface area (Å²) in [7, 11) is 0. The predicted octanol–water partition coefficient (Wildman–Crippen LogP) is 4.16. The lowest BCUT2D eigenvalue weighted by atomic mass is 10.1. The molecule has 0 unspecified atom stereocenters. The van der Waals surface area contributed by atoms with Gasteiger partial charge in [-0.3, -0.25) is 4.79 Å². The van der Waals surface area contributed by atoms with E-state index in [1.807, 2.05) is 19.1 Å². The number of amides is 1. The Labute approximate surface area is 139 Å². The van der Waals surface area contributed by atoms with E-state index >= 15 is 0 Å². The van der Waals surface area contributed by atoms with Gasteiger partial charge in [0.25, 0.3) is 5.91 Å². The second-order valence-electron chi connectivity index (χ2n) is 5.39. The van der Waals surface area contributed by atoms with Crippen molar-refractivity contribution in [3.05, 3.63) is 64.2 Å². The largest absolute Gasteiger partial charge is 0.508 e. The fraction of sp³-hybridized carbons (Fsp3) is 0.111. The Kier molecular flexibility index (Phi) is 3.92. The Hall–Kier alpha value is -2.59. The van der Waals surface area contributed by atoms with Crippen LogP contribution in [0.4, 0.5) is 5.69 Å². The van der Waals surface area contributed by atoms with Crippen LogP contribution in [-0.4, -0.2) is 16.7 Å². The summed E-state index contributed by atoms with van der Waals surface area (Å²) in [6, 6.07) is 12.1. The minimum absolute atomic E-state index is 0.186. The first-order valence-electron chi connectivity index (χ1n) is 7.12. The molecular weight excluding hydrogens is 312 g/mol. The summed E-state index contributed by atoms with van der Waals surface area (Å²) in [5.74, 6) is -0.0123. The van der Waals surface area contributed by atoms with Crippen molar-refractivity contribution in [3.8, 4) is 5.75 Å². The van der Waals surface area contributed by atoms with Gasteiger partial charge in [0.1, 0.15) is 5.75 Å². The van der Waals surface area contributed by atoms with Crippen LogP contribution in [0.3, 0.4) is 0 Å². The molecule has 1 amide bonds. The van der Waals surface area contributed by atoms with Gasteiger partial charge in [-0.1, -0.05) is 29.8 Å². The Morgan fingerprint density at radius 2 is 1.83 bits per heavy atom. The molecule has 23 heavy (non-hydrogen) atoms. The molecule has 2 aromatic carbocycles. The highest BCUT2D eigenvalue weighted by Gasteiger charge is 2.28. The summed E-state index contributed by atoms with van der Waals surface area (Å²) < 4.78 is 0. The number of aromatic hydroxyl groups is 1. The van der Waals surface area contributed by atoms with Crippen LogP contribution in [0.2, 0.25) is 5.02 Å². The molecule has 0 radical (unpaired) electrons. The zero-order chi connectivity index (χ0) is 16.6. The molecule has 5 heteroatoms. The van der Waals surface area contributed by atoms with E-state index in [2.05, 4.69) is 5.10 Å². The number of phenolic OH excluding ortho intramolecular Hbond substituents is 1. The first-order valence-corrected chi connectivity index (χ1v) is 7.50. The van der Waals surface area contributed by atoms with Crippen LogP contribution in [0.5, 0.6) is 5.75 Å². The van der Waals surface area contributed by atoms with E-state index in [0.29, 0.717) is 22.0 Å². The molecule has 1 aliphatic heterocycles. The predicted molar refractivity (Wildman–Crippen MR) is 92.9 cm³/mol. The molecule has 0 spiro atoms. The quantitative estimate of drug-likeness (QED) is 0.842. The zero-order valence-electron chi connectivity index (χ0n) is 12.7. The molecule has 2 aromatic rings. The number of aryl methyl sites for hydroxylation is 1. The van der Waals surface area contributed by atoms with E-state index in [4.69, 9.17) is 11.6 Å². The average Bonchev–Trinajstić information content (AvgIpc) is 2.80. The lowest BCUT2D eigenvalue weighted by molar-refractivity contribution is -0.114. The zero-order valence-corrected chi connectivity index (χ0v) is 13.5. The molecule has 0 atom stereocenters. The highest BCUT2D eigenvalue weighted by atomic mass is 35.5. The van der Waals surface area contributed by atoms with Gasteiger partial charge in [-0.15, -0.1) is 0 Å². The number of nitrogens with zero attached hydrogens (tertiary/aromatic N) is 2. The minimum Gasteiger partial charge on any atom is -0.508 e. The maximum atomic E-state index is 12.6. The lowest BCUT2D eigenvalue weighted by Crippen LogP contribution is -2.21. The molecule has 1 heterocycles. The van der Waals surface area contributed by atoms with E-state index in [1.165, 1.54) is 5.01 Å². The van der Waals surface area contributed by atoms with Crippen molar-refractivity contribution in [3.63, 3.8) is 0 Å². The van der Waals surface area contributed by atoms with E-state index in [-0.39, 0.29) is 11.7 Å². The van der Waals surface area contributed by atoms with E-state index in [1.54, 1.807) is 43.3 Å². The van der Waals surface area contributed by atoms with Crippen LogP contribution in [0.15, 0.2) is 53.1 Å². The number of phenols is 1. The fourth-order valence-corrected chi connectivity index (χ4v) is 2.48. The number of hydrogen-bond acceptors (Lipinski definition) is 3. The third kappa shape index (κ3) is 2.98. The molecule has 0 aromatic heterocycles. The highest BCUT2D eigenvalue weighted by Crippen LogP contribution is 2.28. The molecule has 4 nitrogen and oxygen atoms in total. The Bertz CT molecular complexity index is 839. The number of hydrogen-bond donors (Lipinski definition) is 1. The second kappa shape index (κ2) is 5.89. The van der Waals surface area contributed by atoms with Crippen LogP contribution in [-0.2, 0) is 4.79 Å². The third-order valence-electron chi connectivity index (χ3n) is 3.67. The van der Waals surface area contributed by atoms with Crippen LogP contribution < -0.4 is 5.01 Å². The highest BCUT2D eigenvalue weighted by molar-refractivity contribution is 6.33. The summed E-state index contributed by atoms with van der Waals surface area (Å²) in [6.07, 6.45) is 1.76. The average molecular weight is 327 g/mol. The van der Waals surface area contributed by atoms with Crippen LogP contribution in [0.1, 0.15) is 18.1 Å². The van der Waals surface area contributed by atoms with Crippen LogP contribution in [0.25, 0.3) is 6.08 Å². The number of halogens is 1. The van der Waals surface area contributed by atoms with E-state index < -0.39 is 0 Å². The van der Waals surface area contributed by atoms with Gasteiger partial charge in [0, 0.05) is 5.02 Å². The van der Waals surface area contributed by atoms with Crippen molar-refractivity contribution in [2.75, 3.05) is 5.01 Å².